The van der Waals surface area contributed by atoms with Crippen molar-refractivity contribution in [1.29, 1.82) is 0 Å². The zero-order valence-electron chi connectivity index (χ0n) is 6.07. The summed E-state index contributed by atoms with van der Waals surface area (Å²) in [5.74, 6) is 0.167. The first-order chi connectivity index (χ1) is 3.73. The first-order valence-corrected chi connectivity index (χ1v) is 3.50. The van der Waals surface area contributed by atoms with E-state index in [0.717, 1.165) is 0 Å². The minimum atomic E-state index is -4.89. The predicted molar refractivity (Wildman–Crippen MR) is 28.4 cm³/mol. The molecule has 0 bridgehead atoms. The van der Waals surface area contributed by atoms with Crippen LogP contribution in [0.2, 0.25) is 0 Å². The molecule has 0 spiro atoms. The molecule has 0 radical (unpaired) electrons. The second kappa shape index (κ2) is 8.51. The molecule has 2 N–H and O–H groups in total. The van der Waals surface area contributed by atoms with Crippen LogP contribution in [0.1, 0.15) is 13.8 Å². The molecular weight excluding hydrogens is 186 g/mol. The third-order valence-electron chi connectivity index (χ3n) is 0. The fraction of sp³-hybridized carbons (Fsp3) is 0.667. The first kappa shape index (κ1) is 17.5. The number of hydrogen-bond acceptors (Lipinski definition) is 3. The third kappa shape index (κ3) is 332. The van der Waals surface area contributed by atoms with E-state index in [1.807, 2.05) is 0 Å². The van der Waals surface area contributed by atoms with Gasteiger partial charge in [0.05, 0.1) is 0 Å². The van der Waals surface area contributed by atoms with Crippen LogP contribution in [0.3, 0.4) is 0 Å². The van der Waals surface area contributed by atoms with E-state index in [0.29, 0.717) is 0 Å². The maximum atomic E-state index is 9.44. The summed E-state index contributed by atoms with van der Waals surface area (Å²) in [6, 6.07) is 0. The van der Waals surface area contributed by atoms with E-state index in [4.69, 9.17) is 19.2 Å². The van der Waals surface area contributed by atoms with Crippen LogP contribution in [0.5, 0.6) is 0 Å². The molecule has 0 amide bonds. The normalized spacial score (nSPS) is 8.50. The van der Waals surface area contributed by atoms with Gasteiger partial charge in [0.25, 0.3) is 7.82 Å². The molecule has 0 aromatic carbocycles. The monoisotopic (exact) mass is 194 g/mol. The Morgan fingerprint density at radius 1 is 1.40 bits per heavy atom. The van der Waals surface area contributed by atoms with E-state index in [1.54, 1.807) is 0 Å². The molecule has 0 fully saturated rings. The molecule has 0 aliphatic heterocycles. The van der Waals surface area contributed by atoms with Gasteiger partial charge in [-0.05, 0) is 13.8 Å². The van der Waals surface area contributed by atoms with E-state index >= 15 is 0 Å². The Morgan fingerprint density at radius 3 is 1.40 bits per heavy atom. The summed E-state index contributed by atoms with van der Waals surface area (Å²) in [5, 5.41) is 0. The van der Waals surface area contributed by atoms with E-state index in [1.165, 1.54) is 13.8 Å². The predicted octanol–water partition coefficient (Wildman–Crippen LogP) is -3.96. The van der Waals surface area contributed by atoms with Crippen molar-refractivity contribution in [1.82, 2.24) is 0 Å². The van der Waals surface area contributed by atoms with E-state index < -0.39 is 7.82 Å². The Kier molecular flexibility index (Phi) is 14.9. The largest absolute Gasteiger partial charge is 1.00 e. The van der Waals surface area contributed by atoms with E-state index in [2.05, 4.69) is 0 Å². The van der Waals surface area contributed by atoms with Crippen LogP contribution in [0.4, 0.5) is 0 Å². The van der Waals surface area contributed by atoms with Gasteiger partial charge in [-0.1, -0.05) is 0 Å². The number of rotatable bonds is 0. The van der Waals surface area contributed by atoms with Gasteiger partial charge >= 0.3 is 51.4 Å². The van der Waals surface area contributed by atoms with Crippen LogP contribution in [0.15, 0.2) is 0 Å². The Bertz CT molecular complexity index is 117. The average molecular weight is 194 g/mol. The molecule has 0 aromatic heterocycles. The van der Waals surface area contributed by atoms with Gasteiger partial charge in [-0.15, -0.1) is 0 Å². The number of hydrogen-bond donors (Lipinski definition) is 2. The van der Waals surface area contributed by atoms with Crippen molar-refractivity contribution in [3.05, 3.63) is 0 Å². The van der Waals surface area contributed by atoms with Gasteiger partial charge in [0.15, 0.2) is 0 Å². The molecule has 0 saturated heterocycles. The second-order valence-corrected chi connectivity index (χ2v) is 2.38. The SMILES string of the molecule is CC(C)=O.O=P([O-])(O)O.[K+]. The number of ketones is 1. The van der Waals surface area contributed by atoms with Crippen molar-refractivity contribution in [2.75, 3.05) is 0 Å². The zero-order chi connectivity index (χ0) is 8.08. The van der Waals surface area contributed by atoms with Crippen molar-refractivity contribution < 1.29 is 75.4 Å². The van der Waals surface area contributed by atoms with Crippen LogP contribution in [0, 0.1) is 0 Å². The summed E-state index contributed by atoms with van der Waals surface area (Å²) in [7, 11) is -4.89. The summed E-state index contributed by atoms with van der Waals surface area (Å²) < 4.78 is 8.77. The molecule has 0 heterocycles. The maximum Gasteiger partial charge on any atom is 1.00 e. The topological polar surface area (TPSA) is 97.7 Å². The summed E-state index contributed by atoms with van der Waals surface area (Å²) in [6.07, 6.45) is 0. The standard InChI is InChI=1S/C3H6O.K.H3O4P/c1-3(2)4;;1-5(2,3)4/h1-2H3;;(H3,1,2,3,4)/q;+1;/p-1. The van der Waals surface area contributed by atoms with Crippen LogP contribution in [0.25, 0.3) is 0 Å². The van der Waals surface area contributed by atoms with Crippen LogP contribution < -0.4 is 56.3 Å². The minimum Gasteiger partial charge on any atom is -0.756 e. The molecule has 0 unspecified atom stereocenters. The fourth-order valence-electron chi connectivity index (χ4n) is 0. The molecule has 0 aromatic rings. The summed E-state index contributed by atoms with van der Waals surface area (Å²) in [4.78, 5) is 32.4. The Balaban J connectivity index is -0.0000000910. The molecule has 0 aliphatic rings. The van der Waals surface area contributed by atoms with E-state index in [-0.39, 0.29) is 57.2 Å². The minimum absolute atomic E-state index is 0. The summed E-state index contributed by atoms with van der Waals surface area (Å²) in [6.45, 7) is 3.06. The van der Waals surface area contributed by atoms with Crippen LogP contribution in [-0.2, 0) is 9.36 Å². The second-order valence-electron chi connectivity index (χ2n) is 1.40. The van der Waals surface area contributed by atoms with Crippen molar-refractivity contribution in [3.8, 4) is 0 Å². The molecule has 0 aliphatic carbocycles. The molecule has 0 rings (SSSR count). The first-order valence-electron chi connectivity index (χ1n) is 1.97. The number of phosphoric acid groups is 1. The quantitative estimate of drug-likeness (QED) is 0.303. The third-order valence-corrected chi connectivity index (χ3v) is 0. The van der Waals surface area contributed by atoms with Gasteiger partial charge in [0.1, 0.15) is 5.78 Å². The average Bonchev–Trinajstić information content (AvgIpc) is 1.19. The number of Topliss-reactive ketones (excluding diaryl/α,β-unsaturated/α-hetero) is 1. The Morgan fingerprint density at radius 2 is 1.40 bits per heavy atom. The van der Waals surface area contributed by atoms with Crippen molar-refractivity contribution in [2.24, 2.45) is 0 Å². The van der Waals surface area contributed by atoms with Gasteiger partial charge in [-0.25, -0.2) is 0 Å². The van der Waals surface area contributed by atoms with Gasteiger partial charge < -0.3 is 19.5 Å². The molecular formula is C3H8KO5P. The van der Waals surface area contributed by atoms with Crippen molar-refractivity contribution in [3.63, 3.8) is 0 Å². The molecule has 7 heteroatoms. The zero-order valence-corrected chi connectivity index (χ0v) is 10.1. The maximum absolute atomic E-state index is 9.44. The molecule has 0 saturated carbocycles. The summed E-state index contributed by atoms with van der Waals surface area (Å²) >= 11 is 0. The van der Waals surface area contributed by atoms with Gasteiger partial charge in [-0.2, -0.15) is 0 Å². The molecule has 0 atom stereocenters. The Hall–Kier alpha value is 1.42. The fourth-order valence-corrected chi connectivity index (χ4v) is 0. The Labute approximate surface area is 101 Å². The molecule has 10 heavy (non-hydrogen) atoms. The summed E-state index contributed by atoms with van der Waals surface area (Å²) in [5.41, 5.74) is 0. The number of carbonyl (C=O) groups excluding carboxylic acids is 1. The van der Waals surface area contributed by atoms with Crippen LogP contribution >= 0.6 is 7.82 Å². The van der Waals surface area contributed by atoms with Crippen molar-refractivity contribution >= 4 is 13.6 Å². The number of carbonyl (C=O) groups is 1. The van der Waals surface area contributed by atoms with Crippen molar-refractivity contribution in [2.45, 2.75) is 13.8 Å². The van der Waals surface area contributed by atoms with Gasteiger partial charge in [-0.3, -0.25) is 4.57 Å². The molecule has 5 nitrogen and oxygen atoms in total. The van der Waals surface area contributed by atoms with Gasteiger partial charge in [0.2, 0.25) is 0 Å². The van der Waals surface area contributed by atoms with E-state index in [9.17, 15) is 4.79 Å². The van der Waals surface area contributed by atoms with Crippen LogP contribution in [-0.4, -0.2) is 15.6 Å². The molecule has 56 valence electrons. The smallest absolute Gasteiger partial charge is 0.756 e. The van der Waals surface area contributed by atoms with Gasteiger partial charge in [0, 0.05) is 0 Å².